The molecule has 0 aliphatic carbocycles. The van der Waals surface area contributed by atoms with Crippen LogP contribution in [0.5, 0.6) is 5.75 Å². The minimum Gasteiger partial charge on any atom is -0.489 e. The zero-order valence-electron chi connectivity index (χ0n) is 16.2. The molecule has 0 saturated carbocycles. The maximum atomic E-state index is 12.9. The fourth-order valence-corrected chi connectivity index (χ4v) is 3.50. The average molecular weight is 390 g/mol. The van der Waals surface area contributed by atoms with Crippen molar-refractivity contribution < 1.29 is 17.9 Å². The van der Waals surface area contributed by atoms with Crippen molar-refractivity contribution in [1.29, 1.82) is 0 Å². The van der Waals surface area contributed by atoms with Gasteiger partial charge in [0.05, 0.1) is 6.54 Å². The summed E-state index contributed by atoms with van der Waals surface area (Å²) in [4.78, 5) is 5.60. The Kier molecular flexibility index (Phi) is 5.96. The summed E-state index contributed by atoms with van der Waals surface area (Å²) in [6, 6.07) is 12.0. The standard InChI is InChI=1S/C22H25F3N2O/c1-15(2)13-16(3)17-7-9-18(10-8-17)28-19-11-12-27(14-19)21-6-4-5-20(26-21)22(23,24)25/h4-10,16,19H,1,11-14H2,2-3H3/t16-,19-/m1/s1. The van der Waals surface area contributed by atoms with Gasteiger partial charge in [0, 0.05) is 13.0 Å². The Morgan fingerprint density at radius 1 is 1.25 bits per heavy atom. The van der Waals surface area contributed by atoms with Crippen molar-refractivity contribution in [3.05, 3.63) is 65.9 Å². The molecule has 1 aromatic heterocycles. The molecule has 0 unspecified atom stereocenters. The molecule has 0 N–H and O–H groups in total. The number of nitrogens with zero attached hydrogens (tertiary/aromatic N) is 2. The van der Waals surface area contributed by atoms with Crippen LogP contribution < -0.4 is 9.64 Å². The Hall–Kier alpha value is -2.50. The summed E-state index contributed by atoms with van der Waals surface area (Å²) in [5, 5.41) is 0. The SMILES string of the molecule is C=C(C)C[C@@H](C)c1ccc(O[C@@H]2CCN(c3cccc(C(F)(F)F)n3)C2)cc1. The van der Waals surface area contributed by atoms with Crippen LogP contribution in [0.2, 0.25) is 0 Å². The first kappa shape index (κ1) is 20.2. The molecule has 1 aliphatic heterocycles. The first-order valence-electron chi connectivity index (χ1n) is 9.42. The quantitative estimate of drug-likeness (QED) is 0.581. The number of rotatable bonds is 6. The molecule has 2 heterocycles. The van der Waals surface area contributed by atoms with E-state index in [1.807, 2.05) is 24.0 Å². The monoisotopic (exact) mass is 390 g/mol. The molecular weight excluding hydrogens is 365 g/mol. The summed E-state index contributed by atoms with van der Waals surface area (Å²) >= 11 is 0. The number of halogens is 3. The van der Waals surface area contributed by atoms with E-state index in [1.165, 1.54) is 11.6 Å². The van der Waals surface area contributed by atoms with Gasteiger partial charge in [-0.05, 0) is 49.1 Å². The average Bonchev–Trinajstić information content (AvgIpc) is 3.10. The topological polar surface area (TPSA) is 25.4 Å². The van der Waals surface area contributed by atoms with Crippen molar-refractivity contribution in [3.63, 3.8) is 0 Å². The summed E-state index contributed by atoms with van der Waals surface area (Å²) < 4.78 is 44.6. The molecular formula is C22H25F3N2O. The molecule has 1 saturated heterocycles. The second-order valence-electron chi connectivity index (χ2n) is 7.48. The maximum absolute atomic E-state index is 12.9. The highest BCUT2D eigenvalue weighted by Crippen LogP contribution is 2.30. The number of pyridine rings is 1. The van der Waals surface area contributed by atoms with Crippen molar-refractivity contribution in [2.45, 2.75) is 44.9 Å². The van der Waals surface area contributed by atoms with Crippen LogP contribution in [0, 0.1) is 0 Å². The van der Waals surface area contributed by atoms with E-state index >= 15 is 0 Å². The lowest BCUT2D eigenvalue weighted by molar-refractivity contribution is -0.141. The molecule has 2 aromatic rings. The van der Waals surface area contributed by atoms with Gasteiger partial charge >= 0.3 is 6.18 Å². The number of hydrogen-bond donors (Lipinski definition) is 0. The molecule has 1 aliphatic rings. The third-order valence-corrected chi connectivity index (χ3v) is 4.90. The molecule has 0 bridgehead atoms. The summed E-state index contributed by atoms with van der Waals surface area (Å²) in [6.07, 6.45) is -2.82. The van der Waals surface area contributed by atoms with Gasteiger partial charge in [-0.1, -0.05) is 30.7 Å². The normalized spacial score (nSPS) is 18.2. The van der Waals surface area contributed by atoms with Gasteiger partial charge in [0.15, 0.2) is 0 Å². The Balaban J connectivity index is 1.60. The highest BCUT2D eigenvalue weighted by molar-refractivity contribution is 5.41. The third-order valence-electron chi connectivity index (χ3n) is 4.90. The van der Waals surface area contributed by atoms with E-state index in [4.69, 9.17) is 4.74 Å². The van der Waals surface area contributed by atoms with Gasteiger partial charge in [-0.15, -0.1) is 6.58 Å². The number of aromatic nitrogens is 1. The molecule has 0 radical (unpaired) electrons. The molecule has 150 valence electrons. The second kappa shape index (κ2) is 8.25. The Bertz CT molecular complexity index is 817. The lowest BCUT2D eigenvalue weighted by atomic mass is 9.95. The van der Waals surface area contributed by atoms with Gasteiger partial charge in [0.2, 0.25) is 0 Å². The molecule has 0 spiro atoms. The van der Waals surface area contributed by atoms with E-state index in [2.05, 4.69) is 30.6 Å². The number of benzene rings is 1. The summed E-state index contributed by atoms with van der Waals surface area (Å²) in [6.45, 7) is 9.29. The van der Waals surface area contributed by atoms with Crippen LogP contribution in [-0.4, -0.2) is 24.2 Å². The third kappa shape index (κ3) is 5.06. The highest BCUT2D eigenvalue weighted by atomic mass is 19.4. The first-order chi connectivity index (χ1) is 13.2. The van der Waals surface area contributed by atoms with Crippen LogP contribution >= 0.6 is 0 Å². The van der Waals surface area contributed by atoms with Gasteiger partial charge in [-0.25, -0.2) is 4.98 Å². The zero-order valence-corrected chi connectivity index (χ0v) is 16.2. The predicted molar refractivity (Wildman–Crippen MR) is 105 cm³/mol. The van der Waals surface area contributed by atoms with E-state index < -0.39 is 11.9 Å². The molecule has 6 heteroatoms. The number of hydrogen-bond acceptors (Lipinski definition) is 3. The van der Waals surface area contributed by atoms with Crippen molar-refractivity contribution in [2.75, 3.05) is 18.0 Å². The minimum absolute atomic E-state index is 0.0740. The zero-order chi connectivity index (χ0) is 20.3. The molecule has 0 amide bonds. The number of allylic oxidation sites excluding steroid dienone is 1. The van der Waals surface area contributed by atoms with Gasteiger partial charge < -0.3 is 9.64 Å². The molecule has 2 atom stereocenters. The smallest absolute Gasteiger partial charge is 0.433 e. The van der Waals surface area contributed by atoms with E-state index in [1.54, 1.807) is 6.07 Å². The van der Waals surface area contributed by atoms with Crippen LogP contribution in [0.3, 0.4) is 0 Å². The van der Waals surface area contributed by atoms with Crippen LogP contribution in [0.15, 0.2) is 54.6 Å². The molecule has 1 aromatic carbocycles. The number of ether oxygens (including phenoxy) is 1. The van der Waals surface area contributed by atoms with Crippen molar-refractivity contribution in [1.82, 2.24) is 4.98 Å². The fourth-order valence-electron chi connectivity index (χ4n) is 3.50. The lowest BCUT2D eigenvalue weighted by Crippen LogP contribution is -2.25. The minimum atomic E-state index is -4.44. The maximum Gasteiger partial charge on any atom is 0.433 e. The van der Waals surface area contributed by atoms with Crippen LogP contribution in [-0.2, 0) is 6.18 Å². The molecule has 28 heavy (non-hydrogen) atoms. The highest BCUT2D eigenvalue weighted by Gasteiger charge is 2.33. The van der Waals surface area contributed by atoms with E-state index in [-0.39, 0.29) is 6.10 Å². The summed E-state index contributed by atoms with van der Waals surface area (Å²) in [5.41, 5.74) is 1.52. The lowest BCUT2D eigenvalue weighted by Gasteiger charge is -2.19. The Morgan fingerprint density at radius 3 is 2.61 bits per heavy atom. The first-order valence-corrected chi connectivity index (χ1v) is 9.42. The summed E-state index contributed by atoms with van der Waals surface area (Å²) in [5.74, 6) is 1.51. The van der Waals surface area contributed by atoms with Crippen molar-refractivity contribution in [3.8, 4) is 5.75 Å². The predicted octanol–water partition coefficient (Wildman–Crippen LogP) is 5.83. The Labute approximate surface area is 163 Å². The molecule has 1 fully saturated rings. The van der Waals surface area contributed by atoms with Crippen molar-refractivity contribution in [2.24, 2.45) is 0 Å². The summed E-state index contributed by atoms with van der Waals surface area (Å²) in [7, 11) is 0. The van der Waals surface area contributed by atoms with Gasteiger partial charge in [0.25, 0.3) is 0 Å². The second-order valence-corrected chi connectivity index (χ2v) is 7.48. The Morgan fingerprint density at radius 2 is 1.96 bits per heavy atom. The van der Waals surface area contributed by atoms with Gasteiger partial charge in [-0.3, -0.25) is 0 Å². The van der Waals surface area contributed by atoms with Gasteiger partial charge in [-0.2, -0.15) is 13.2 Å². The molecule has 3 rings (SSSR count). The van der Waals surface area contributed by atoms with Crippen molar-refractivity contribution >= 4 is 5.82 Å². The van der Waals surface area contributed by atoms with E-state index in [0.29, 0.717) is 24.8 Å². The molecule has 3 nitrogen and oxygen atoms in total. The van der Waals surface area contributed by atoms with Crippen LogP contribution in [0.1, 0.15) is 43.9 Å². The number of alkyl halides is 3. The van der Waals surface area contributed by atoms with E-state index in [9.17, 15) is 13.2 Å². The van der Waals surface area contributed by atoms with Crippen LogP contribution in [0.25, 0.3) is 0 Å². The number of anilines is 1. The van der Waals surface area contributed by atoms with Gasteiger partial charge in [0.1, 0.15) is 23.4 Å². The van der Waals surface area contributed by atoms with Crippen LogP contribution in [0.4, 0.5) is 19.0 Å². The fraction of sp³-hybridized carbons (Fsp3) is 0.409. The largest absolute Gasteiger partial charge is 0.489 e. The van der Waals surface area contributed by atoms with E-state index in [0.717, 1.165) is 30.2 Å².